The van der Waals surface area contributed by atoms with Crippen LogP contribution in [0.25, 0.3) is 0 Å². The summed E-state index contributed by atoms with van der Waals surface area (Å²) in [5, 5.41) is 0.0997. The van der Waals surface area contributed by atoms with Crippen molar-refractivity contribution in [3.63, 3.8) is 0 Å². The fourth-order valence-electron chi connectivity index (χ4n) is 4.07. The molecule has 6 nitrogen and oxygen atoms in total. The van der Waals surface area contributed by atoms with Crippen LogP contribution in [0.15, 0.2) is 41.7 Å². The highest BCUT2D eigenvalue weighted by Gasteiger charge is 2.26. The second-order valence-electron chi connectivity index (χ2n) is 7.82. The Kier molecular flexibility index (Phi) is 8.08. The maximum absolute atomic E-state index is 12.9. The number of methoxy groups -OCH3 is 1. The van der Waals surface area contributed by atoms with Crippen molar-refractivity contribution in [1.29, 1.82) is 0 Å². The third-order valence-corrected chi connectivity index (χ3v) is 7.26. The molecule has 162 valence electrons. The van der Waals surface area contributed by atoms with Gasteiger partial charge in [-0.2, -0.15) is 0 Å². The molecule has 0 bridgehead atoms. The van der Waals surface area contributed by atoms with Gasteiger partial charge in [0.15, 0.2) is 0 Å². The van der Waals surface area contributed by atoms with Gasteiger partial charge in [-0.1, -0.05) is 55.5 Å². The minimum atomic E-state index is -3.56. The zero-order valence-corrected chi connectivity index (χ0v) is 18.5. The van der Waals surface area contributed by atoms with E-state index in [4.69, 9.17) is 11.2 Å². The predicted octanol–water partition coefficient (Wildman–Crippen LogP) is 3.12. The highest BCUT2D eigenvalue weighted by atomic mass is 32.2. The van der Waals surface area contributed by atoms with Gasteiger partial charge in [-0.25, -0.2) is 13.4 Å². The van der Waals surface area contributed by atoms with Gasteiger partial charge in [0.2, 0.25) is 15.0 Å². The molecule has 1 aromatic heterocycles. The molecule has 1 saturated carbocycles. The zero-order valence-electron chi connectivity index (χ0n) is 17.7. The lowest BCUT2D eigenvalue weighted by Gasteiger charge is -2.33. The van der Waals surface area contributed by atoms with Crippen molar-refractivity contribution in [1.82, 2.24) is 14.5 Å². The number of rotatable bonds is 10. The van der Waals surface area contributed by atoms with Gasteiger partial charge in [-0.05, 0) is 18.4 Å². The summed E-state index contributed by atoms with van der Waals surface area (Å²) in [6, 6.07) is 10.3. The van der Waals surface area contributed by atoms with Crippen molar-refractivity contribution in [2.24, 2.45) is 0 Å². The van der Waals surface area contributed by atoms with Crippen LogP contribution >= 0.6 is 0 Å². The summed E-state index contributed by atoms with van der Waals surface area (Å²) >= 11 is 0. The minimum Gasteiger partial charge on any atom is -0.384 e. The number of aromatic nitrogens is 2. The van der Waals surface area contributed by atoms with Crippen molar-refractivity contribution in [2.75, 3.05) is 26.0 Å². The van der Waals surface area contributed by atoms with E-state index in [0.29, 0.717) is 25.7 Å². The summed E-state index contributed by atoms with van der Waals surface area (Å²) in [6.07, 6.45) is 13.3. The van der Waals surface area contributed by atoms with E-state index in [1.54, 1.807) is 6.20 Å². The molecule has 7 heteroatoms. The Morgan fingerprint density at radius 3 is 2.63 bits per heavy atom. The number of hydrogen-bond donors (Lipinski definition) is 0. The first kappa shape index (κ1) is 22.5. The largest absolute Gasteiger partial charge is 0.384 e. The van der Waals surface area contributed by atoms with Crippen molar-refractivity contribution in [3.05, 3.63) is 47.8 Å². The number of benzene rings is 1. The second-order valence-corrected chi connectivity index (χ2v) is 9.82. The van der Waals surface area contributed by atoms with Gasteiger partial charge in [0, 0.05) is 19.7 Å². The molecule has 0 amide bonds. The summed E-state index contributed by atoms with van der Waals surface area (Å²) in [6.45, 7) is 1.73. The van der Waals surface area contributed by atoms with Crippen molar-refractivity contribution in [3.8, 4) is 12.3 Å². The molecular formula is C23H31N3O3S. The molecular weight excluding hydrogens is 398 g/mol. The Labute approximate surface area is 180 Å². The zero-order chi connectivity index (χ0) is 21.4. The highest BCUT2D eigenvalue weighted by molar-refractivity contribution is 7.91. The molecule has 1 aromatic carbocycles. The monoisotopic (exact) mass is 429 g/mol. The van der Waals surface area contributed by atoms with Gasteiger partial charge in [0.05, 0.1) is 37.3 Å². The first-order chi connectivity index (χ1) is 14.5. The van der Waals surface area contributed by atoms with E-state index >= 15 is 0 Å². The van der Waals surface area contributed by atoms with E-state index in [0.717, 1.165) is 24.1 Å². The Bertz CT molecular complexity index is 942. The molecule has 0 N–H and O–H groups in total. The average Bonchev–Trinajstić information content (AvgIpc) is 3.16. The van der Waals surface area contributed by atoms with Crippen LogP contribution in [-0.2, 0) is 27.7 Å². The Morgan fingerprint density at radius 2 is 1.97 bits per heavy atom. The van der Waals surface area contributed by atoms with E-state index in [1.807, 2.05) is 34.9 Å². The summed E-state index contributed by atoms with van der Waals surface area (Å²) in [4.78, 5) is 6.63. The van der Waals surface area contributed by atoms with Crippen LogP contribution in [0.4, 0.5) is 0 Å². The summed E-state index contributed by atoms with van der Waals surface area (Å²) in [5.74, 6) is 2.69. The lowest BCUT2D eigenvalue weighted by molar-refractivity contribution is 0.163. The van der Waals surface area contributed by atoms with Crippen LogP contribution in [0.2, 0.25) is 0 Å². The van der Waals surface area contributed by atoms with Crippen LogP contribution in [-0.4, -0.2) is 54.9 Å². The van der Waals surface area contributed by atoms with Crippen LogP contribution in [0.5, 0.6) is 0 Å². The number of nitrogens with zero attached hydrogens (tertiary/aromatic N) is 3. The van der Waals surface area contributed by atoms with Gasteiger partial charge < -0.3 is 9.30 Å². The Morgan fingerprint density at radius 1 is 1.23 bits per heavy atom. The standard InChI is InChI=1S/C23H31N3O3S/c1-3-14-25(21-12-8-5-9-13-21)19-22-17-24-23(30(27,28)16-15-29-2)26(22)18-20-10-6-4-7-11-20/h1,4,6-7,10-11,17,21H,5,8-9,12-16,18-19H2,2H3. The second kappa shape index (κ2) is 10.8. The van der Waals surface area contributed by atoms with Crippen LogP contribution in [0.3, 0.4) is 0 Å². The summed E-state index contributed by atoms with van der Waals surface area (Å²) in [5.41, 5.74) is 1.90. The molecule has 30 heavy (non-hydrogen) atoms. The number of sulfone groups is 1. The van der Waals surface area contributed by atoms with Gasteiger partial charge in [-0.15, -0.1) is 6.42 Å². The molecule has 0 saturated heterocycles. The summed E-state index contributed by atoms with van der Waals surface area (Å²) in [7, 11) is -2.06. The van der Waals surface area contributed by atoms with E-state index in [2.05, 4.69) is 15.8 Å². The molecule has 1 aliphatic carbocycles. The molecule has 0 aliphatic heterocycles. The normalized spacial score (nSPS) is 15.4. The topological polar surface area (TPSA) is 64.4 Å². The first-order valence-electron chi connectivity index (χ1n) is 10.5. The van der Waals surface area contributed by atoms with Crippen LogP contribution in [0.1, 0.15) is 43.4 Å². The van der Waals surface area contributed by atoms with Crippen LogP contribution < -0.4 is 0 Å². The summed E-state index contributed by atoms with van der Waals surface area (Å²) < 4.78 is 32.7. The molecule has 0 atom stereocenters. The molecule has 0 unspecified atom stereocenters. The fourth-order valence-corrected chi connectivity index (χ4v) is 5.37. The predicted molar refractivity (Wildman–Crippen MR) is 118 cm³/mol. The van der Waals surface area contributed by atoms with E-state index in [-0.39, 0.29) is 17.5 Å². The lowest BCUT2D eigenvalue weighted by Crippen LogP contribution is -2.37. The third kappa shape index (κ3) is 5.72. The Balaban J connectivity index is 1.93. The van der Waals surface area contributed by atoms with Gasteiger partial charge in [0.1, 0.15) is 0 Å². The first-order valence-corrected chi connectivity index (χ1v) is 12.2. The number of ether oxygens (including phenoxy) is 1. The van der Waals surface area contributed by atoms with Gasteiger partial charge >= 0.3 is 0 Å². The van der Waals surface area contributed by atoms with Gasteiger partial charge in [-0.3, -0.25) is 4.90 Å². The van der Waals surface area contributed by atoms with E-state index in [9.17, 15) is 8.42 Å². The molecule has 2 aromatic rings. The maximum Gasteiger partial charge on any atom is 0.228 e. The molecule has 1 aliphatic rings. The lowest BCUT2D eigenvalue weighted by atomic mass is 9.94. The van der Waals surface area contributed by atoms with E-state index in [1.165, 1.54) is 26.4 Å². The number of imidazole rings is 1. The number of terminal acetylenes is 1. The SMILES string of the molecule is C#CCN(Cc1cnc(S(=O)(=O)CCOC)n1Cc1ccccc1)C1CCCCC1. The Hall–Kier alpha value is -2.14. The molecule has 1 heterocycles. The smallest absolute Gasteiger partial charge is 0.228 e. The van der Waals surface area contributed by atoms with Crippen LogP contribution in [0, 0.1) is 12.3 Å². The molecule has 0 spiro atoms. The van der Waals surface area contributed by atoms with Gasteiger partial charge in [0.25, 0.3) is 0 Å². The van der Waals surface area contributed by atoms with Crippen molar-refractivity contribution in [2.45, 2.75) is 56.4 Å². The molecule has 3 rings (SSSR count). The quantitative estimate of drug-likeness (QED) is 0.543. The molecule has 1 fully saturated rings. The van der Waals surface area contributed by atoms with E-state index < -0.39 is 9.84 Å². The average molecular weight is 430 g/mol. The molecule has 0 radical (unpaired) electrons. The van der Waals surface area contributed by atoms with Crippen molar-refractivity contribution >= 4 is 9.84 Å². The minimum absolute atomic E-state index is 0.0918. The maximum atomic E-state index is 12.9. The fraction of sp³-hybridized carbons (Fsp3) is 0.522. The third-order valence-electron chi connectivity index (χ3n) is 5.67. The number of hydrogen-bond acceptors (Lipinski definition) is 5. The van der Waals surface area contributed by atoms with Crippen molar-refractivity contribution < 1.29 is 13.2 Å². The highest BCUT2D eigenvalue weighted by Crippen LogP contribution is 2.25.